The van der Waals surface area contributed by atoms with Gasteiger partial charge in [-0.3, -0.25) is 4.79 Å². The SMILES string of the molecule is Cc1ccc(-c2ccc(=O)[nH]c2)c(-n2cccn2)c1. The van der Waals surface area contributed by atoms with Gasteiger partial charge in [0.15, 0.2) is 0 Å². The van der Waals surface area contributed by atoms with Crippen molar-refractivity contribution in [2.45, 2.75) is 6.92 Å². The zero-order chi connectivity index (χ0) is 13.2. The number of pyridine rings is 1. The largest absolute Gasteiger partial charge is 0.328 e. The summed E-state index contributed by atoms with van der Waals surface area (Å²) in [5.41, 5.74) is 4.06. The highest BCUT2D eigenvalue weighted by Gasteiger charge is 2.07. The molecule has 0 bridgehead atoms. The van der Waals surface area contributed by atoms with Crippen molar-refractivity contribution in [1.29, 1.82) is 0 Å². The molecule has 1 N–H and O–H groups in total. The van der Waals surface area contributed by atoms with Crippen LogP contribution in [0.15, 0.2) is 59.8 Å². The molecule has 19 heavy (non-hydrogen) atoms. The Labute approximate surface area is 110 Å². The summed E-state index contributed by atoms with van der Waals surface area (Å²) in [6, 6.07) is 11.4. The highest BCUT2D eigenvalue weighted by Crippen LogP contribution is 2.26. The lowest BCUT2D eigenvalue weighted by Crippen LogP contribution is -2.03. The molecule has 0 aliphatic rings. The lowest BCUT2D eigenvalue weighted by molar-refractivity contribution is 0.880. The van der Waals surface area contributed by atoms with Crippen LogP contribution in [0.5, 0.6) is 0 Å². The maximum Gasteiger partial charge on any atom is 0.247 e. The van der Waals surface area contributed by atoms with Crippen LogP contribution in [0.1, 0.15) is 5.56 Å². The van der Waals surface area contributed by atoms with Gasteiger partial charge in [-0.2, -0.15) is 5.10 Å². The first-order valence-corrected chi connectivity index (χ1v) is 6.04. The van der Waals surface area contributed by atoms with Crippen molar-refractivity contribution < 1.29 is 0 Å². The van der Waals surface area contributed by atoms with Crippen LogP contribution < -0.4 is 5.56 Å². The summed E-state index contributed by atoms with van der Waals surface area (Å²) in [6.07, 6.45) is 5.38. The summed E-state index contributed by atoms with van der Waals surface area (Å²) in [7, 11) is 0. The van der Waals surface area contributed by atoms with Crippen molar-refractivity contribution in [1.82, 2.24) is 14.8 Å². The fraction of sp³-hybridized carbons (Fsp3) is 0.0667. The Morgan fingerprint density at radius 3 is 2.79 bits per heavy atom. The van der Waals surface area contributed by atoms with Crippen LogP contribution in [0.3, 0.4) is 0 Å². The number of benzene rings is 1. The quantitative estimate of drug-likeness (QED) is 0.761. The Morgan fingerprint density at radius 2 is 2.11 bits per heavy atom. The van der Waals surface area contributed by atoms with Crippen molar-refractivity contribution >= 4 is 0 Å². The zero-order valence-corrected chi connectivity index (χ0v) is 10.5. The van der Waals surface area contributed by atoms with Crippen molar-refractivity contribution in [3.8, 4) is 16.8 Å². The standard InChI is InChI=1S/C15H13N3O/c1-11-3-5-13(12-4-6-15(19)16-10-12)14(9-11)18-8-2-7-17-18/h2-10H,1H3,(H,16,19). The average Bonchev–Trinajstić information content (AvgIpc) is 2.94. The molecule has 0 amide bonds. The fourth-order valence-corrected chi connectivity index (χ4v) is 2.06. The van der Waals surface area contributed by atoms with Crippen molar-refractivity contribution in [2.24, 2.45) is 0 Å². The Hall–Kier alpha value is -2.62. The van der Waals surface area contributed by atoms with Crippen LogP contribution >= 0.6 is 0 Å². The Balaban J connectivity index is 2.21. The molecule has 0 saturated carbocycles. The van der Waals surface area contributed by atoms with Crippen molar-refractivity contribution in [2.75, 3.05) is 0 Å². The monoisotopic (exact) mass is 251 g/mol. The number of aromatic nitrogens is 3. The van der Waals surface area contributed by atoms with Gasteiger partial charge in [0.25, 0.3) is 0 Å². The first-order valence-electron chi connectivity index (χ1n) is 6.04. The number of aryl methyl sites for hydroxylation is 1. The molecule has 4 heteroatoms. The minimum absolute atomic E-state index is 0.100. The molecule has 0 unspecified atom stereocenters. The summed E-state index contributed by atoms with van der Waals surface area (Å²) in [4.78, 5) is 13.8. The van der Waals surface area contributed by atoms with Crippen molar-refractivity contribution in [3.63, 3.8) is 0 Å². The van der Waals surface area contributed by atoms with E-state index in [2.05, 4.69) is 16.1 Å². The van der Waals surface area contributed by atoms with Gasteiger partial charge in [0.2, 0.25) is 5.56 Å². The van der Waals surface area contributed by atoms with E-state index < -0.39 is 0 Å². The number of hydrogen-bond donors (Lipinski definition) is 1. The van der Waals surface area contributed by atoms with E-state index >= 15 is 0 Å². The Bertz CT molecular complexity index is 737. The van der Waals surface area contributed by atoms with E-state index in [-0.39, 0.29) is 5.56 Å². The molecule has 2 heterocycles. The second-order valence-electron chi connectivity index (χ2n) is 4.41. The van der Waals surface area contributed by atoms with E-state index in [0.29, 0.717) is 0 Å². The van der Waals surface area contributed by atoms with Gasteiger partial charge in [-0.25, -0.2) is 4.68 Å². The minimum Gasteiger partial charge on any atom is -0.328 e. The van der Waals surface area contributed by atoms with Crippen LogP contribution in [0.2, 0.25) is 0 Å². The first kappa shape index (κ1) is 11.5. The van der Waals surface area contributed by atoms with Gasteiger partial charge in [-0.1, -0.05) is 12.1 Å². The van der Waals surface area contributed by atoms with Gasteiger partial charge < -0.3 is 4.98 Å². The van der Waals surface area contributed by atoms with Gasteiger partial charge >= 0.3 is 0 Å². The molecule has 0 aliphatic heterocycles. The topological polar surface area (TPSA) is 50.7 Å². The molecule has 1 aromatic carbocycles. The smallest absolute Gasteiger partial charge is 0.247 e. The third kappa shape index (κ3) is 2.20. The summed E-state index contributed by atoms with van der Waals surface area (Å²) < 4.78 is 1.83. The molecule has 3 rings (SSSR count). The van der Waals surface area contributed by atoms with Gasteiger partial charge in [-0.15, -0.1) is 0 Å². The second kappa shape index (κ2) is 4.57. The summed E-state index contributed by atoms with van der Waals surface area (Å²) in [5, 5.41) is 4.28. The van der Waals surface area contributed by atoms with E-state index in [1.165, 1.54) is 11.6 Å². The molecule has 0 radical (unpaired) electrons. The average molecular weight is 251 g/mol. The number of hydrogen-bond acceptors (Lipinski definition) is 2. The third-order valence-electron chi connectivity index (χ3n) is 3.00. The lowest BCUT2D eigenvalue weighted by atomic mass is 10.0. The molecule has 4 nitrogen and oxygen atoms in total. The number of nitrogens with one attached hydrogen (secondary N) is 1. The van der Waals surface area contributed by atoms with Crippen molar-refractivity contribution in [3.05, 3.63) is 70.9 Å². The molecule has 94 valence electrons. The summed E-state index contributed by atoms with van der Waals surface area (Å²) in [6.45, 7) is 2.05. The minimum atomic E-state index is -0.100. The van der Waals surface area contributed by atoms with E-state index in [1.54, 1.807) is 12.4 Å². The number of nitrogens with zero attached hydrogens (tertiary/aromatic N) is 2. The van der Waals surface area contributed by atoms with E-state index in [0.717, 1.165) is 16.8 Å². The van der Waals surface area contributed by atoms with Gasteiger partial charge in [0, 0.05) is 35.8 Å². The van der Waals surface area contributed by atoms with Gasteiger partial charge in [0.1, 0.15) is 0 Å². The zero-order valence-electron chi connectivity index (χ0n) is 10.5. The maximum atomic E-state index is 11.1. The number of H-pyrrole nitrogens is 1. The first-order chi connectivity index (χ1) is 9.24. The van der Waals surface area contributed by atoms with E-state index in [9.17, 15) is 4.79 Å². The third-order valence-corrected chi connectivity index (χ3v) is 3.00. The molecule has 0 fully saturated rings. The van der Waals surface area contributed by atoms with Crippen LogP contribution in [-0.4, -0.2) is 14.8 Å². The van der Waals surface area contributed by atoms with E-state index in [4.69, 9.17) is 0 Å². The lowest BCUT2D eigenvalue weighted by Gasteiger charge is -2.10. The highest BCUT2D eigenvalue weighted by atomic mass is 16.1. The molecular formula is C15H13N3O. The van der Waals surface area contributed by atoms with E-state index in [1.807, 2.05) is 42.1 Å². The molecule has 0 spiro atoms. The predicted molar refractivity (Wildman–Crippen MR) is 74.4 cm³/mol. The normalized spacial score (nSPS) is 10.6. The van der Waals surface area contributed by atoms with Gasteiger partial charge in [0.05, 0.1) is 5.69 Å². The Morgan fingerprint density at radius 1 is 1.21 bits per heavy atom. The van der Waals surface area contributed by atoms with Crippen LogP contribution in [-0.2, 0) is 0 Å². The summed E-state index contributed by atoms with van der Waals surface area (Å²) >= 11 is 0. The number of rotatable bonds is 2. The molecule has 0 aliphatic carbocycles. The molecule has 0 atom stereocenters. The van der Waals surface area contributed by atoms with Crippen LogP contribution in [0.25, 0.3) is 16.8 Å². The second-order valence-corrected chi connectivity index (χ2v) is 4.41. The maximum absolute atomic E-state index is 11.1. The van der Waals surface area contributed by atoms with Gasteiger partial charge in [-0.05, 0) is 30.7 Å². The Kier molecular flexibility index (Phi) is 2.76. The summed E-state index contributed by atoms with van der Waals surface area (Å²) in [5.74, 6) is 0. The highest BCUT2D eigenvalue weighted by molar-refractivity contribution is 5.72. The fourth-order valence-electron chi connectivity index (χ4n) is 2.06. The molecular weight excluding hydrogens is 238 g/mol. The van der Waals surface area contributed by atoms with Crippen LogP contribution in [0, 0.1) is 6.92 Å². The molecule has 0 saturated heterocycles. The van der Waals surface area contributed by atoms with Crippen LogP contribution in [0.4, 0.5) is 0 Å². The number of aromatic amines is 1. The predicted octanol–water partition coefficient (Wildman–Crippen LogP) is 2.54. The molecule has 2 aromatic heterocycles. The molecule has 3 aromatic rings.